The normalized spacial score (nSPS) is 11.7. The van der Waals surface area contributed by atoms with Crippen molar-refractivity contribution >= 4 is 11.8 Å². The number of ketones is 1. The molecule has 2 aromatic carbocycles. The highest BCUT2D eigenvalue weighted by Crippen LogP contribution is 2.21. The average Bonchev–Trinajstić information content (AvgIpc) is 2.65. The van der Waals surface area contributed by atoms with E-state index < -0.39 is 17.6 Å². The van der Waals surface area contributed by atoms with E-state index in [9.17, 15) is 23.5 Å². The Labute approximate surface area is 175 Å². The summed E-state index contributed by atoms with van der Waals surface area (Å²) in [5.74, 6) is -3.83. The van der Waals surface area contributed by atoms with Crippen LogP contribution in [0.5, 0.6) is 0 Å². The van der Waals surface area contributed by atoms with Crippen LogP contribution in [0.4, 0.5) is 8.78 Å². The first-order chi connectivity index (χ1) is 14.1. The first-order valence-electron chi connectivity index (χ1n) is 9.69. The summed E-state index contributed by atoms with van der Waals surface area (Å²) in [6, 6.07) is 11.0. The van der Waals surface area contributed by atoms with Gasteiger partial charge in [-0.2, -0.15) is 0 Å². The zero-order valence-electron chi connectivity index (χ0n) is 17.5. The molecule has 0 unspecified atom stereocenters. The van der Waals surface area contributed by atoms with E-state index in [2.05, 4.69) is 0 Å². The number of ether oxygens (including phenoxy) is 1. The molecule has 0 heterocycles. The van der Waals surface area contributed by atoms with Crippen molar-refractivity contribution in [2.75, 3.05) is 13.2 Å². The van der Waals surface area contributed by atoms with Crippen molar-refractivity contribution in [2.24, 2.45) is 0 Å². The predicted molar refractivity (Wildman–Crippen MR) is 109 cm³/mol. The van der Waals surface area contributed by atoms with Crippen LogP contribution in [0.3, 0.4) is 0 Å². The summed E-state index contributed by atoms with van der Waals surface area (Å²) in [6.07, 6.45) is 0.167. The van der Waals surface area contributed by atoms with Gasteiger partial charge in [-0.3, -0.25) is 9.69 Å². The fourth-order valence-electron chi connectivity index (χ4n) is 2.98. The lowest BCUT2D eigenvalue weighted by molar-refractivity contribution is -0.122. The number of carbonyl (C=O) groups is 2. The van der Waals surface area contributed by atoms with Crippen molar-refractivity contribution in [1.82, 2.24) is 4.90 Å². The van der Waals surface area contributed by atoms with Gasteiger partial charge in [0.2, 0.25) is 0 Å². The molecular formula is C23H27F2NO4. The fourth-order valence-corrected chi connectivity index (χ4v) is 2.98. The molecule has 30 heavy (non-hydrogen) atoms. The number of hydrogen-bond acceptors (Lipinski definition) is 4. The second kappa shape index (κ2) is 10.4. The summed E-state index contributed by atoms with van der Waals surface area (Å²) < 4.78 is 33.8. The summed E-state index contributed by atoms with van der Waals surface area (Å²) in [5.41, 5.74) is -0.108. The third-order valence-electron chi connectivity index (χ3n) is 4.37. The molecule has 2 aromatic rings. The Bertz CT molecular complexity index is 879. The van der Waals surface area contributed by atoms with Gasteiger partial charge in [0.15, 0.2) is 11.6 Å². The fraction of sp³-hybridized carbons (Fsp3) is 0.391. The second-order valence-electron chi connectivity index (χ2n) is 8.07. The number of nitrogens with zero attached hydrogens (tertiary/aromatic N) is 1. The van der Waals surface area contributed by atoms with E-state index >= 15 is 0 Å². The number of carboxylic acid groups (broad SMARTS) is 1. The molecule has 0 aromatic heterocycles. The van der Waals surface area contributed by atoms with Crippen LogP contribution in [-0.4, -0.2) is 40.5 Å². The molecule has 2 rings (SSSR count). The first-order valence-corrected chi connectivity index (χ1v) is 9.69. The molecule has 0 spiro atoms. The molecule has 0 aliphatic rings. The highest BCUT2D eigenvalue weighted by molar-refractivity contribution is 5.89. The van der Waals surface area contributed by atoms with Gasteiger partial charge in [-0.25, -0.2) is 13.6 Å². The number of carboxylic acids is 1. The third-order valence-corrected chi connectivity index (χ3v) is 4.37. The average molecular weight is 419 g/mol. The van der Waals surface area contributed by atoms with E-state index in [1.807, 2.05) is 51.1 Å². The van der Waals surface area contributed by atoms with Gasteiger partial charge < -0.3 is 9.84 Å². The summed E-state index contributed by atoms with van der Waals surface area (Å²) >= 11 is 0. The number of hydrogen-bond donors (Lipinski definition) is 1. The standard InChI is InChI=1S/C23H27F2NO4/c1-23(2,3)30-12-11-17(27)14-26(13-16-7-5-4-6-8-16)15-19-18(22(28)29)9-10-20(24)21(19)25/h4-10H,11-15H2,1-3H3,(H,28,29). The molecule has 0 aliphatic heterocycles. The molecule has 0 fully saturated rings. The van der Waals surface area contributed by atoms with Gasteiger partial charge >= 0.3 is 5.97 Å². The zero-order chi connectivity index (χ0) is 22.3. The number of aromatic carboxylic acids is 1. The monoisotopic (exact) mass is 419 g/mol. The molecule has 0 radical (unpaired) electrons. The Hall–Kier alpha value is -2.64. The minimum Gasteiger partial charge on any atom is -0.478 e. The largest absolute Gasteiger partial charge is 0.478 e. The number of benzene rings is 2. The van der Waals surface area contributed by atoms with Crippen LogP contribution in [0, 0.1) is 11.6 Å². The van der Waals surface area contributed by atoms with Gasteiger partial charge in [0.1, 0.15) is 5.78 Å². The number of halogens is 2. The highest BCUT2D eigenvalue weighted by Gasteiger charge is 2.22. The maximum atomic E-state index is 14.4. The van der Waals surface area contributed by atoms with Crippen molar-refractivity contribution in [3.05, 3.63) is 70.8 Å². The number of rotatable bonds is 10. The Morgan fingerprint density at radius 2 is 1.70 bits per heavy atom. The van der Waals surface area contributed by atoms with Crippen LogP contribution < -0.4 is 0 Å². The van der Waals surface area contributed by atoms with Crippen LogP contribution in [0.25, 0.3) is 0 Å². The lowest BCUT2D eigenvalue weighted by Crippen LogP contribution is -2.31. The molecule has 5 nitrogen and oxygen atoms in total. The van der Waals surface area contributed by atoms with Gasteiger partial charge in [-0.05, 0) is 38.5 Å². The van der Waals surface area contributed by atoms with Gasteiger partial charge in [-0.1, -0.05) is 30.3 Å². The first kappa shape index (κ1) is 23.6. The second-order valence-corrected chi connectivity index (χ2v) is 8.07. The Morgan fingerprint density at radius 3 is 2.30 bits per heavy atom. The maximum Gasteiger partial charge on any atom is 0.336 e. The summed E-state index contributed by atoms with van der Waals surface area (Å²) in [5, 5.41) is 9.37. The molecule has 0 bridgehead atoms. The van der Waals surface area contributed by atoms with Gasteiger partial charge in [0.25, 0.3) is 0 Å². The lowest BCUT2D eigenvalue weighted by Gasteiger charge is -2.24. The van der Waals surface area contributed by atoms with Crippen molar-refractivity contribution < 1.29 is 28.2 Å². The SMILES string of the molecule is CC(C)(C)OCCC(=O)CN(Cc1ccccc1)Cc1c(C(=O)O)ccc(F)c1F. The lowest BCUT2D eigenvalue weighted by atomic mass is 10.0. The predicted octanol–water partition coefficient (Wildman–Crippen LogP) is 4.44. The molecule has 162 valence electrons. The molecule has 7 heteroatoms. The van der Waals surface area contributed by atoms with Crippen LogP contribution in [0.1, 0.15) is 48.7 Å². The van der Waals surface area contributed by atoms with Crippen LogP contribution >= 0.6 is 0 Å². The summed E-state index contributed by atoms with van der Waals surface area (Å²) in [6.45, 7) is 5.93. The van der Waals surface area contributed by atoms with Gasteiger partial charge in [0.05, 0.1) is 24.3 Å². The molecule has 1 N–H and O–H groups in total. The number of Topliss-reactive ketones (excluding diaryl/α,β-unsaturated/α-hetero) is 1. The topological polar surface area (TPSA) is 66.8 Å². The van der Waals surface area contributed by atoms with E-state index in [4.69, 9.17) is 4.74 Å². The van der Waals surface area contributed by atoms with E-state index in [-0.39, 0.29) is 55.2 Å². The van der Waals surface area contributed by atoms with Gasteiger partial charge in [0, 0.05) is 25.1 Å². The molecule has 0 saturated carbocycles. The molecule has 0 amide bonds. The van der Waals surface area contributed by atoms with E-state index in [1.54, 1.807) is 4.90 Å². The van der Waals surface area contributed by atoms with E-state index in [1.165, 1.54) is 0 Å². The third kappa shape index (κ3) is 7.31. The van der Waals surface area contributed by atoms with Crippen LogP contribution in [0.15, 0.2) is 42.5 Å². The number of carbonyl (C=O) groups excluding carboxylic acids is 1. The summed E-state index contributed by atoms with van der Waals surface area (Å²) in [4.78, 5) is 25.6. The van der Waals surface area contributed by atoms with E-state index in [0.717, 1.165) is 17.7 Å². The van der Waals surface area contributed by atoms with Crippen LogP contribution in [0.2, 0.25) is 0 Å². The molecule has 0 atom stereocenters. The molecule has 0 aliphatic carbocycles. The molecular weight excluding hydrogens is 392 g/mol. The van der Waals surface area contributed by atoms with E-state index in [0.29, 0.717) is 0 Å². The van der Waals surface area contributed by atoms with Crippen molar-refractivity contribution in [3.63, 3.8) is 0 Å². The minimum atomic E-state index is -1.35. The van der Waals surface area contributed by atoms with Gasteiger partial charge in [-0.15, -0.1) is 0 Å². The quantitative estimate of drug-likeness (QED) is 0.617. The Kier molecular flexibility index (Phi) is 8.20. The Balaban J connectivity index is 2.21. The Morgan fingerprint density at radius 1 is 1.03 bits per heavy atom. The smallest absolute Gasteiger partial charge is 0.336 e. The van der Waals surface area contributed by atoms with Crippen molar-refractivity contribution in [3.8, 4) is 0 Å². The molecule has 0 saturated heterocycles. The van der Waals surface area contributed by atoms with Crippen LogP contribution in [-0.2, 0) is 22.6 Å². The zero-order valence-corrected chi connectivity index (χ0v) is 17.5. The van der Waals surface area contributed by atoms with Crippen molar-refractivity contribution in [1.29, 1.82) is 0 Å². The maximum absolute atomic E-state index is 14.4. The highest BCUT2D eigenvalue weighted by atomic mass is 19.2. The minimum absolute atomic E-state index is 0.0442. The summed E-state index contributed by atoms with van der Waals surface area (Å²) in [7, 11) is 0. The van der Waals surface area contributed by atoms with Crippen molar-refractivity contribution in [2.45, 2.75) is 45.9 Å².